The van der Waals surface area contributed by atoms with E-state index in [9.17, 15) is 14.4 Å². The Morgan fingerprint density at radius 2 is 1.05 bits per heavy atom. The SMILES string of the molecule is CNc1c(C)ccc2c1CC[C@@H]1[C@@H]2CC[C@]2(C)C(=O)CC[C@@H]12.Cc1cc2c(cc1C)[C@H]1CC[C@]3(C)C(=O)[CH+]C[C@H]3[C@@H]1CC2.Cc1ccc2c(c1)CC[C@@H]1[C@@H]2CC[C@]2(C)C(=O)CC[C@@H]12. The van der Waals surface area contributed by atoms with E-state index in [1.165, 1.54) is 85.7 Å². The summed E-state index contributed by atoms with van der Waals surface area (Å²) in [6, 6.07) is 16.6. The number of ketones is 3. The molecule has 9 aliphatic rings. The molecule has 0 aliphatic heterocycles. The Labute approximate surface area is 380 Å². The van der Waals surface area contributed by atoms with Gasteiger partial charge in [0.2, 0.25) is 0 Å². The summed E-state index contributed by atoms with van der Waals surface area (Å²) in [4.78, 5) is 37.0. The number of anilines is 1. The Morgan fingerprint density at radius 3 is 1.68 bits per heavy atom. The molecule has 3 aromatic rings. The van der Waals surface area contributed by atoms with Crippen molar-refractivity contribution >= 4 is 23.0 Å². The molecule has 63 heavy (non-hydrogen) atoms. The molecule has 12 rings (SSSR count). The second kappa shape index (κ2) is 16.0. The molecule has 0 saturated heterocycles. The van der Waals surface area contributed by atoms with Crippen LogP contribution in [0.25, 0.3) is 0 Å². The molecule has 0 heterocycles. The molecule has 6 fully saturated rings. The van der Waals surface area contributed by atoms with Crippen molar-refractivity contribution in [3.8, 4) is 0 Å². The standard InChI is InChI=1S/C20H27NO.C20H25O.C19H24O/c1-12-4-5-13-14-10-11-20(2)17(8-9-18(20)22)15(14)6-7-16(13)19(12)21-3;1-12-10-14-4-5-16-15(17(14)11-13(12)2)8-9-20(3)18(16)6-7-19(20)21;1-12-3-5-14-13(11-12)4-6-16-15(14)9-10-19(2)17(16)7-8-18(19)20/h4-5,14-15,17,21H,6-11H2,1-3H3;7,10-11,15-16,18H,4-6,8-9H2,1-3H3;3,5,11,15-17H,4,6-10H2,1-2H3/q;+1;/t14-,15-,17+,20+;15-,16+,18-,20-;15-,16-,17+,19+/m101/s1. The lowest BCUT2D eigenvalue weighted by molar-refractivity contribution is -0.130. The lowest BCUT2D eigenvalue weighted by atomic mass is 9.55. The summed E-state index contributed by atoms with van der Waals surface area (Å²) in [6.45, 7) is 15.6. The molecule has 0 unspecified atom stereocenters. The number of fused-ring (bicyclic) bond motifs is 15. The maximum absolute atomic E-state index is 12.4. The van der Waals surface area contributed by atoms with Crippen molar-refractivity contribution < 1.29 is 14.4 Å². The van der Waals surface area contributed by atoms with Crippen LogP contribution in [0.1, 0.15) is 184 Å². The van der Waals surface area contributed by atoms with Gasteiger partial charge in [-0.05, 0) is 222 Å². The molecule has 0 radical (unpaired) electrons. The molecule has 4 heteroatoms. The van der Waals surface area contributed by atoms with Gasteiger partial charge in [0.1, 0.15) is 24.4 Å². The molecule has 6 saturated carbocycles. The maximum atomic E-state index is 12.4. The van der Waals surface area contributed by atoms with Crippen LogP contribution in [0.2, 0.25) is 0 Å². The molecule has 0 aromatic heterocycles. The third-order valence-corrected chi connectivity index (χ3v) is 20.5. The molecule has 334 valence electrons. The molecule has 1 N–H and O–H groups in total. The topological polar surface area (TPSA) is 63.2 Å². The number of hydrogen-bond acceptors (Lipinski definition) is 4. The number of rotatable bonds is 1. The second-order valence-corrected chi connectivity index (χ2v) is 23.3. The normalized spacial score (nSPS) is 37.7. The van der Waals surface area contributed by atoms with E-state index in [0.29, 0.717) is 46.9 Å². The molecular weight excluding hydrogens is 771 g/mol. The summed E-state index contributed by atoms with van der Waals surface area (Å²) in [5.41, 5.74) is 16.4. The zero-order chi connectivity index (χ0) is 44.2. The number of carbonyl (C=O) groups excluding carboxylic acids is 3. The third kappa shape index (κ3) is 6.86. The highest BCUT2D eigenvalue weighted by Gasteiger charge is 2.60. The largest absolute Gasteiger partial charge is 0.388 e. The van der Waals surface area contributed by atoms with Gasteiger partial charge in [-0.2, -0.15) is 0 Å². The van der Waals surface area contributed by atoms with E-state index in [-0.39, 0.29) is 16.2 Å². The van der Waals surface area contributed by atoms with E-state index in [1.807, 2.05) is 13.5 Å². The van der Waals surface area contributed by atoms with Crippen LogP contribution in [0.4, 0.5) is 5.69 Å². The van der Waals surface area contributed by atoms with Crippen LogP contribution in [-0.2, 0) is 33.6 Å². The van der Waals surface area contributed by atoms with Crippen molar-refractivity contribution in [3.05, 3.63) is 105 Å². The Hall–Kier alpha value is -3.66. The summed E-state index contributed by atoms with van der Waals surface area (Å²) in [6.07, 6.45) is 21.3. The van der Waals surface area contributed by atoms with Crippen molar-refractivity contribution in [2.75, 3.05) is 12.4 Å². The summed E-state index contributed by atoms with van der Waals surface area (Å²) < 4.78 is 0. The van der Waals surface area contributed by atoms with Crippen molar-refractivity contribution in [3.63, 3.8) is 0 Å². The van der Waals surface area contributed by atoms with Gasteiger partial charge in [-0.3, -0.25) is 9.59 Å². The summed E-state index contributed by atoms with van der Waals surface area (Å²) in [5.74, 6) is 7.72. The smallest absolute Gasteiger partial charge is 0.312 e. The first-order valence-corrected chi connectivity index (χ1v) is 25.6. The summed E-state index contributed by atoms with van der Waals surface area (Å²) in [5, 5.41) is 3.43. The highest BCUT2D eigenvalue weighted by molar-refractivity contribution is 5.95. The van der Waals surface area contributed by atoms with E-state index in [4.69, 9.17) is 0 Å². The molecule has 4 nitrogen and oxygen atoms in total. The molecule has 3 aromatic carbocycles. The second-order valence-electron chi connectivity index (χ2n) is 23.3. The van der Waals surface area contributed by atoms with Gasteiger partial charge in [0.25, 0.3) is 0 Å². The first-order valence-electron chi connectivity index (χ1n) is 25.6. The Bertz CT molecular complexity index is 2340. The molecule has 12 atom stereocenters. The third-order valence-electron chi connectivity index (χ3n) is 20.5. The number of carbonyl (C=O) groups is 3. The molecule has 0 spiro atoms. The summed E-state index contributed by atoms with van der Waals surface area (Å²) >= 11 is 0. The molecule has 0 amide bonds. The molecule has 9 aliphatic carbocycles. The molecule has 0 bridgehead atoms. The average Bonchev–Trinajstić information content (AvgIpc) is 3.88. The minimum atomic E-state index is -0.0432. The van der Waals surface area contributed by atoms with E-state index in [1.54, 1.807) is 33.4 Å². The van der Waals surface area contributed by atoms with Gasteiger partial charge < -0.3 is 5.32 Å². The van der Waals surface area contributed by atoms with Gasteiger partial charge in [0.15, 0.2) is 0 Å². The maximum Gasteiger partial charge on any atom is 0.312 e. The minimum absolute atomic E-state index is 0.00476. The van der Waals surface area contributed by atoms with Crippen LogP contribution in [0, 0.1) is 85.9 Å². The van der Waals surface area contributed by atoms with Gasteiger partial charge in [-0.15, -0.1) is 0 Å². The van der Waals surface area contributed by atoms with Gasteiger partial charge in [0.05, 0.1) is 5.41 Å². The first-order chi connectivity index (χ1) is 30.2. The fourth-order valence-electron chi connectivity index (χ4n) is 16.8. The quantitative estimate of drug-likeness (QED) is 0.248. The predicted octanol–water partition coefficient (Wildman–Crippen LogP) is 13.4. The predicted molar refractivity (Wildman–Crippen MR) is 256 cm³/mol. The van der Waals surface area contributed by atoms with Crippen molar-refractivity contribution in [2.45, 2.75) is 175 Å². The van der Waals surface area contributed by atoms with Gasteiger partial charge >= 0.3 is 5.78 Å². The first kappa shape index (κ1) is 43.2. The van der Waals surface area contributed by atoms with Crippen molar-refractivity contribution in [2.24, 2.45) is 51.8 Å². The number of hydrogen-bond donors (Lipinski definition) is 1. The van der Waals surface area contributed by atoms with E-state index in [2.05, 4.69) is 96.2 Å². The van der Waals surface area contributed by atoms with Gasteiger partial charge in [-0.25, -0.2) is 4.79 Å². The van der Waals surface area contributed by atoms with Crippen LogP contribution >= 0.6 is 0 Å². The number of Topliss-reactive ketones (excluding diaryl/α,β-unsaturated/α-hetero) is 3. The van der Waals surface area contributed by atoms with Crippen LogP contribution < -0.4 is 5.32 Å². The fourth-order valence-corrected chi connectivity index (χ4v) is 16.8. The highest BCUT2D eigenvalue weighted by atomic mass is 16.1. The van der Waals surface area contributed by atoms with E-state index in [0.717, 1.165) is 75.0 Å². The minimum Gasteiger partial charge on any atom is -0.388 e. The fraction of sp³-hybridized carbons (Fsp3) is 0.627. The lowest BCUT2D eigenvalue weighted by Gasteiger charge is -2.48. The monoisotopic (exact) mass is 847 g/mol. The van der Waals surface area contributed by atoms with Crippen LogP contribution in [-0.4, -0.2) is 24.4 Å². The van der Waals surface area contributed by atoms with Gasteiger partial charge in [0, 0.05) is 42.3 Å². The molecular formula is C59H76NO3+. The highest BCUT2D eigenvalue weighted by Crippen LogP contribution is 2.62. The van der Waals surface area contributed by atoms with E-state index >= 15 is 0 Å². The van der Waals surface area contributed by atoms with Crippen LogP contribution in [0.15, 0.2) is 42.5 Å². The lowest BCUT2D eigenvalue weighted by Crippen LogP contribution is -2.42. The van der Waals surface area contributed by atoms with Crippen LogP contribution in [0.5, 0.6) is 0 Å². The average molecular weight is 847 g/mol. The number of nitrogens with one attached hydrogen (secondary N) is 1. The number of benzene rings is 3. The Morgan fingerprint density at radius 1 is 0.524 bits per heavy atom. The number of aryl methyl sites for hydroxylation is 6. The zero-order valence-corrected chi connectivity index (χ0v) is 40.1. The Kier molecular flexibility index (Phi) is 11.0. The zero-order valence-electron chi connectivity index (χ0n) is 40.1. The summed E-state index contributed by atoms with van der Waals surface area (Å²) in [7, 11) is 2.04. The van der Waals surface area contributed by atoms with Gasteiger partial charge in [-0.1, -0.05) is 61.9 Å². The Balaban J connectivity index is 0.000000112. The van der Waals surface area contributed by atoms with Crippen molar-refractivity contribution in [1.82, 2.24) is 0 Å². The van der Waals surface area contributed by atoms with Crippen LogP contribution in [0.3, 0.4) is 0 Å². The van der Waals surface area contributed by atoms with Crippen molar-refractivity contribution in [1.29, 1.82) is 0 Å². The van der Waals surface area contributed by atoms with E-state index < -0.39 is 0 Å².